The van der Waals surface area contributed by atoms with Crippen molar-refractivity contribution in [2.75, 3.05) is 13.1 Å². The lowest BCUT2D eigenvalue weighted by Gasteiger charge is -2.20. The standard InChI is InChI=1S/C21H24FN3O4S2/c22-19-11-24-20(30-19)10-18(26)17(9-13-7-8-25(12-13)21(23)27)14-1-3-15(4-2-14)31(28,29)16-5-6-16/h1-4,11,13,16-17H,5-10,12H2,(H2,23,27)/t13-,17-/m1/s1. The van der Waals surface area contributed by atoms with E-state index in [0.717, 1.165) is 24.0 Å². The number of carbonyl (C=O) groups is 2. The van der Waals surface area contributed by atoms with E-state index in [0.29, 0.717) is 42.9 Å². The Bertz CT molecular complexity index is 1080. The highest BCUT2D eigenvalue weighted by Crippen LogP contribution is 2.35. The van der Waals surface area contributed by atoms with Gasteiger partial charge in [-0.1, -0.05) is 23.5 Å². The molecule has 1 aromatic carbocycles. The van der Waals surface area contributed by atoms with Gasteiger partial charge in [-0.2, -0.15) is 4.39 Å². The van der Waals surface area contributed by atoms with E-state index in [4.69, 9.17) is 5.73 Å². The lowest BCUT2D eigenvalue weighted by molar-refractivity contribution is -0.120. The number of Topliss-reactive ketones (excluding diaryl/α,β-unsaturated/α-hetero) is 1. The zero-order chi connectivity index (χ0) is 22.2. The van der Waals surface area contributed by atoms with Crippen molar-refractivity contribution in [1.82, 2.24) is 9.88 Å². The highest BCUT2D eigenvalue weighted by molar-refractivity contribution is 7.92. The van der Waals surface area contributed by atoms with E-state index in [9.17, 15) is 22.4 Å². The molecule has 7 nitrogen and oxygen atoms in total. The summed E-state index contributed by atoms with van der Waals surface area (Å²) < 4.78 is 38.3. The largest absolute Gasteiger partial charge is 0.351 e. The Morgan fingerprint density at radius 2 is 1.94 bits per heavy atom. The van der Waals surface area contributed by atoms with Crippen molar-refractivity contribution in [2.24, 2.45) is 11.7 Å². The maximum atomic E-state index is 13.3. The van der Waals surface area contributed by atoms with Gasteiger partial charge in [-0.15, -0.1) is 0 Å². The number of carbonyl (C=O) groups excluding carboxylic acids is 2. The zero-order valence-corrected chi connectivity index (χ0v) is 18.5. The van der Waals surface area contributed by atoms with Crippen LogP contribution < -0.4 is 5.73 Å². The van der Waals surface area contributed by atoms with Gasteiger partial charge in [0.25, 0.3) is 0 Å². The molecule has 0 radical (unpaired) electrons. The summed E-state index contributed by atoms with van der Waals surface area (Å²) in [6.45, 7) is 1.04. The Kier molecular flexibility index (Phi) is 6.11. The number of urea groups is 1. The normalized spacial score (nSPS) is 20.0. The number of nitrogens with zero attached hydrogens (tertiary/aromatic N) is 2. The molecule has 1 aliphatic carbocycles. The number of nitrogens with two attached hydrogens (primary N) is 1. The topological polar surface area (TPSA) is 110 Å². The quantitative estimate of drug-likeness (QED) is 0.645. The van der Waals surface area contributed by atoms with Crippen molar-refractivity contribution in [3.05, 3.63) is 46.2 Å². The molecule has 166 valence electrons. The molecule has 2 atom stereocenters. The second-order valence-electron chi connectivity index (χ2n) is 8.24. The lowest BCUT2D eigenvalue weighted by Crippen LogP contribution is -2.33. The number of aromatic nitrogens is 1. The smallest absolute Gasteiger partial charge is 0.314 e. The second kappa shape index (κ2) is 8.66. The summed E-state index contributed by atoms with van der Waals surface area (Å²) in [5.41, 5.74) is 6.09. The van der Waals surface area contributed by atoms with E-state index >= 15 is 0 Å². The summed E-state index contributed by atoms with van der Waals surface area (Å²) in [7, 11) is -3.31. The van der Waals surface area contributed by atoms with Gasteiger partial charge in [0.05, 0.1) is 22.8 Å². The number of benzene rings is 1. The summed E-state index contributed by atoms with van der Waals surface area (Å²) in [6.07, 6.45) is 3.73. The summed E-state index contributed by atoms with van der Waals surface area (Å²) in [6, 6.07) is 6.05. The highest BCUT2D eigenvalue weighted by Gasteiger charge is 2.37. The maximum Gasteiger partial charge on any atom is 0.314 e. The van der Waals surface area contributed by atoms with Gasteiger partial charge in [0.15, 0.2) is 15.0 Å². The van der Waals surface area contributed by atoms with Crippen LogP contribution in [-0.2, 0) is 21.1 Å². The molecular formula is C21H24FN3O4S2. The van der Waals surface area contributed by atoms with Crippen molar-refractivity contribution < 1.29 is 22.4 Å². The molecule has 31 heavy (non-hydrogen) atoms. The van der Waals surface area contributed by atoms with E-state index in [-0.39, 0.29) is 28.3 Å². The fourth-order valence-corrected chi connectivity index (χ4v) is 6.42. The van der Waals surface area contributed by atoms with Gasteiger partial charge < -0.3 is 10.6 Å². The van der Waals surface area contributed by atoms with Crippen molar-refractivity contribution in [3.63, 3.8) is 0 Å². The first-order chi connectivity index (χ1) is 14.7. The molecule has 0 unspecified atom stereocenters. The van der Waals surface area contributed by atoms with Crippen LogP contribution in [0.5, 0.6) is 0 Å². The average Bonchev–Trinajstić information content (AvgIpc) is 3.37. The number of thiazole rings is 1. The van der Waals surface area contributed by atoms with E-state index in [1.807, 2.05) is 0 Å². The molecule has 1 aliphatic heterocycles. The Morgan fingerprint density at radius 1 is 1.23 bits per heavy atom. The Labute approximate surface area is 184 Å². The highest BCUT2D eigenvalue weighted by atomic mass is 32.2. The fraction of sp³-hybridized carbons (Fsp3) is 0.476. The third-order valence-corrected chi connectivity index (χ3v) is 9.04. The van der Waals surface area contributed by atoms with Gasteiger partial charge in [0.1, 0.15) is 10.8 Å². The van der Waals surface area contributed by atoms with Crippen molar-refractivity contribution in [3.8, 4) is 0 Å². The minimum Gasteiger partial charge on any atom is -0.351 e. The summed E-state index contributed by atoms with van der Waals surface area (Å²) in [5.74, 6) is -0.503. The van der Waals surface area contributed by atoms with Crippen LogP contribution in [0, 0.1) is 11.0 Å². The van der Waals surface area contributed by atoms with Crippen LogP contribution in [0.4, 0.5) is 9.18 Å². The van der Waals surface area contributed by atoms with Gasteiger partial charge in [0, 0.05) is 19.0 Å². The number of likely N-dealkylation sites (tertiary alicyclic amines) is 1. The van der Waals surface area contributed by atoms with Crippen LogP contribution in [0.1, 0.15) is 42.2 Å². The molecule has 2 aromatic rings. The molecule has 0 spiro atoms. The minimum absolute atomic E-state index is 0.00757. The summed E-state index contributed by atoms with van der Waals surface area (Å²) >= 11 is 0.844. The number of hydrogen-bond acceptors (Lipinski definition) is 6. The van der Waals surface area contributed by atoms with Crippen LogP contribution in [0.2, 0.25) is 0 Å². The van der Waals surface area contributed by atoms with E-state index in [2.05, 4.69) is 4.98 Å². The van der Waals surface area contributed by atoms with Gasteiger partial charge in [-0.25, -0.2) is 18.2 Å². The first-order valence-electron chi connectivity index (χ1n) is 10.2. The molecule has 2 N–H and O–H groups in total. The first-order valence-corrected chi connectivity index (χ1v) is 12.6. The molecule has 10 heteroatoms. The number of ketones is 1. The number of hydrogen-bond donors (Lipinski definition) is 1. The molecular weight excluding hydrogens is 441 g/mol. The van der Waals surface area contributed by atoms with Gasteiger partial charge in [-0.3, -0.25) is 4.79 Å². The second-order valence-corrected chi connectivity index (χ2v) is 11.5. The number of halogens is 1. The lowest BCUT2D eigenvalue weighted by atomic mass is 9.84. The Morgan fingerprint density at radius 3 is 2.48 bits per heavy atom. The number of rotatable bonds is 8. The SMILES string of the molecule is NC(=O)N1CC[C@H](C[C@@H](C(=O)Cc2ncc(F)s2)c2ccc(S(=O)(=O)C3CC3)cc2)C1. The predicted octanol–water partition coefficient (Wildman–Crippen LogP) is 2.90. The number of primary amides is 1. The Balaban J connectivity index is 1.55. The van der Waals surface area contributed by atoms with Crippen LogP contribution in [-0.4, -0.2) is 48.5 Å². The third kappa shape index (κ3) is 4.95. The molecule has 2 fully saturated rings. The predicted molar refractivity (Wildman–Crippen MR) is 114 cm³/mol. The van der Waals surface area contributed by atoms with Crippen molar-refractivity contribution in [1.29, 1.82) is 0 Å². The molecule has 1 saturated carbocycles. The van der Waals surface area contributed by atoms with Crippen molar-refractivity contribution in [2.45, 2.75) is 48.2 Å². The minimum atomic E-state index is -3.31. The van der Waals surface area contributed by atoms with Crippen LogP contribution in [0.15, 0.2) is 35.4 Å². The Hall–Kier alpha value is -2.33. The molecule has 2 aliphatic rings. The van der Waals surface area contributed by atoms with Gasteiger partial charge in [0.2, 0.25) is 0 Å². The zero-order valence-electron chi connectivity index (χ0n) is 16.9. The monoisotopic (exact) mass is 465 g/mol. The average molecular weight is 466 g/mol. The molecule has 2 heterocycles. The third-order valence-electron chi connectivity index (χ3n) is 5.98. The van der Waals surface area contributed by atoms with Crippen LogP contribution >= 0.6 is 11.3 Å². The molecule has 1 saturated heterocycles. The van der Waals surface area contributed by atoms with Gasteiger partial charge >= 0.3 is 6.03 Å². The maximum absolute atomic E-state index is 13.3. The number of sulfone groups is 1. The molecule has 0 bridgehead atoms. The van der Waals surface area contributed by atoms with E-state index in [1.54, 1.807) is 29.2 Å². The number of amides is 2. The molecule has 1 aromatic heterocycles. The first kappa shape index (κ1) is 21.9. The van der Waals surface area contributed by atoms with Crippen LogP contribution in [0.3, 0.4) is 0 Å². The molecule has 4 rings (SSSR count). The van der Waals surface area contributed by atoms with Crippen molar-refractivity contribution >= 4 is 33.0 Å². The van der Waals surface area contributed by atoms with E-state index < -0.39 is 26.9 Å². The van der Waals surface area contributed by atoms with Gasteiger partial charge in [-0.05, 0) is 49.3 Å². The molecule has 2 amide bonds. The fourth-order valence-electron chi connectivity index (χ4n) is 4.11. The van der Waals surface area contributed by atoms with Crippen LogP contribution in [0.25, 0.3) is 0 Å². The van der Waals surface area contributed by atoms with E-state index in [1.165, 1.54) is 0 Å². The summed E-state index contributed by atoms with van der Waals surface area (Å²) in [5, 5.41) is -0.332. The summed E-state index contributed by atoms with van der Waals surface area (Å²) in [4.78, 5) is 30.4.